The van der Waals surface area contributed by atoms with Crippen molar-refractivity contribution in [3.8, 4) is 0 Å². The van der Waals surface area contributed by atoms with Crippen LogP contribution < -0.4 is 0 Å². The van der Waals surface area contributed by atoms with Gasteiger partial charge in [-0.25, -0.2) is 4.57 Å². The summed E-state index contributed by atoms with van der Waals surface area (Å²) in [5.74, 6) is -0.183. The highest BCUT2D eigenvalue weighted by Crippen LogP contribution is 2.36. The molecule has 0 aliphatic rings. The molecule has 0 saturated carbocycles. The third kappa shape index (κ3) is 42.4. The summed E-state index contributed by atoms with van der Waals surface area (Å²) >= 11 is 0. The lowest BCUT2D eigenvalue weighted by Gasteiger charge is -2.18. The van der Waals surface area contributed by atoms with Crippen molar-refractivity contribution in [3.05, 3.63) is 72.9 Å². The molecule has 0 aromatic rings. The highest BCUT2D eigenvalue weighted by Gasteiger charge is 2.22. The molecule has 3 N–H and O–H groups in total. The van der Waals surface area contributed by atoms with Gasteiger partial charge in [0.15, 0.2) is 6.10 Å². The number of phosphoric ester groups is 1. The molecule has 316 valence electrons. The summed E-state index contributed by atoms with van der Waals surface area (Å²) < 4.78 is 26.3. The van der Waals surface area contributed by atoms with E-state index in [-0.39, 0.29) is 19.4 Å². The maximum atomic E-state index is 12.4. The highest BCUT2D eigenvalue weighted by atomic mass is 31.2. The average molecular weight is 793 g/mol. The van der Waals surface area contributed by atoms with Gasteiger partial charge >= 0.3 is 19.8 Å². The van der Waals surface area contributed by atoms with E-state index in [2.05, 4.69) is 43.5 Å². The van der Waals surface area contributed by atoms with Crippen molar-refractivity contribution in [2.24, 2.45) is 5.92 Å². The molecule has 0 aliphatic heterocycles. The molecular formula is C45H77O9P. The lowest BCUT2D eigenvalue weighted by atomic mass is 10.0. The van der Waals surface area contributed by atoms with Crippen molar-refractivity contribution in [3.63, 3.8) is 0 Å². The zero-order valence-electron chi connectivity index (χ0n) is 34.6. The van der Waals surface area contributed by atoms with Gasteiger partial charge in [0.1, 0.15) is 6.61 Å². The minimum absolute atomic E-state index is 0.124. The zero-order valence-corrected chi connectivity index (χ0v) is 35.5. The summed E-state index contributed by atoms with van der Waals surface area (Å²) in [6.07, 6.45) is 45.4. The lowest BCUT2D eigenvalue weighted by Crippen LogP contribution is -2.29. The minimum atomic E-state index is -4.78. The number of carbonyl (C=O) groups is 2. The van der Waals surface area contributed by atoms with Crippen LogP contribution in [0.25, 0.3) is 0 Å². The Morgan fingerprint density at radius 1 is 0.618 bits per heavy atom. The van der Waals surface area contributed by atoms with Crippen LogP contribution in [0.4, 0.5) is 0 Å². The molecule has 0 spiro atoms. The summed E-state index contributed by atoms with van der Waals surface area (Å²) in [5, 5.41) is 9.81. The summed E-state index contributed by atoms with van der Waals surface area (Å²) in [5.41, 5.74) is 0. The van der Waals surface area contributed by atoms with Crippen LogP contribution in [-0.4, -0.2) is 52.3 Å². The van der Waals surface area contributed by atoms with E-state index in [1.54, 1.807) is 6.08 Å². The summed E-state index contributed by atoms with van der Waals surface area (Å²) in [4.78, 5) is 42.8. The van der Waals surface area contributed by atoms with Gasteiger partial charge in [-0.1, -0.05) is 184 Å². The first kappa shape index (κ1) is 52.5. The molecule has 0 fully saturated rings. The third-order valence-corrected chi connectivity index (χ3v) is 9.25. The van der Waals surface area contributed by atoms with Crippen LogP contribution in [0.3, 0.4) is 0 Å². The van der Waals surface area contributed by atoms with Crippen LogP contribution in [-0.2, 0) is 28.2 Å². The van der Waals surface area contributed by atoms with E-state index in [9.17, 15) is 19.3 Å². The fourth-order valence-corrected chi connectivity index (χ4v) is 5.97. The number of unbranched alkanes of at least 4 members (excludes halogenated alkanes) is 13. The highest BCUT2D eigenvalue weighted by molar-refractivity contribution is 7.46. The predicted octanol–water partition coefficient (Wildman–Crippen LogP) is 11.9. The average Bonchev–Trinajstić information content (AvgIpc) is 3.13. The topological polar surface area (TPSA) is 140 Å². The molecule has 1 unspecified atom stereocenters. The summed E-state index contributed by atoms with van der Waals surface area (Å²) in [7, 11) is -4.78. The van der Waals surface area contributed by atoms with Gasteiger partial charge in [0, 0.05) is 12.8 Å². The van der Waals surface area contributed by atoms with Gasteiger partial charge in [-0.2, -0.15) is 0 Å². The van der Waals surface area contributed by atoms with Crippen LogP contribution in [0.15, 0.2) is 72.9 Å². The Kier molecular flexibility index (Phi) is 36.6. The first-order chi connectivity index (χ1) is 26.5. The summed E-state index contributed by atoms with van der Waals surface area (Å²) in [6, 6.07) is 0. The molecule has 0 aliphatic carbocycles. The Morgan fingerprint density at radius 3 is 1.69 bits per heavy atom. The quantitative estimate of drug-likeness (QED) is 0.0184. The van der Waals surface area contributed by atoms with Crippen LogP contribution in [0, 0.1) is 5.92 Å². The molecule has 9 nitrogen and oxygen atoms in total. The van der Waals surface area contributed by atoms with Crippen LogP contribution >= 0.6 is 7.82 Å². The second kappa shape index (κ2) is 38.3. The van der Waals surface area contributed by atoms with Crippen LogP contribution in [0.1, 0.15) is 168 Å². The van der Waals surface area contributed by atoms with E-state index >= 15 is 0 Å². The van der Waals surface area contributed by atoms with Gasteiger partial charge in [0.05, 0.1) is 12.7 Å². The van der Waals surface area contributed by atoms with E-state index in [1.165, 1.54) is 70.6 Å². The number of aliphatic hydroxyl groups excluding tert-OH is 1. The standard InChI is InChI=1S/C45H77O9P/c1-4-5-29-35-42(46)36-31-26-22-18-14-10-8-12-15-19-23-27-32-37-44(47)52-39-43(40-53-55(49,50)51)54-45(48)38-33-28-24-20-16-11-7-6-9-13-17-21-25-30-34-41(2)3/h5,10,12,14-15,22-23,26-27,29,31,36,41-43,46H,4,6-9,11,13,16-21,24-25,28,30,32-35,37-40H2,1-3H3,(H2,49,50,51)/b14-10-,15-12-,26-22+,27-23-,29-5-,36-31+/t42?,43-/m1/s1. The van der Waals surface area contributed by atoms with Gasteiger partial charge in [0.2, 0.25) is 0 Å². The molecule has 0 aromatic carbocycles. The number of esters is 2. The molecule has 0 heterocycles. The molecule has 0 bridgehead atoms. The van der Waals surface area contributed by atoms with Gasteiger partial charge in [-0.15, -0.1) is 0 Å². The number of allylic oxidation sites excluding steroid dienone is 10. The Morgan fingerprint density at radius 2 is 1.15 bits per heavy atom. The lowest BCUT2D eigenvalue weighted by molar-refractivity contribution is -0.161. The fraction of sp³-hybridized carbons (Fsp3) is 0.689. The van der Waals surface area contributed by atoms with Crippen molar-refractivity contribution >= 4 is 19.8 Å². The smallest absolute Gasteiger partial charge is 0.462 e. The largest absolute Gasteiger partial charge is 0.469 e. The van der Waals surface area contributed by atoms with Crippen LogP contribution in [0.5, 0.6) is 0 Å². The monoisotopic (exact) mass is 793 g/mol. The second-order valence-electron chi connectivity index (χ2n) is 14.6. The van der Waals surface area contributed by atoms with E-state index < -0.39 is 38.6 Å². The molecule has 0 aromatic heterocycles. The van der Waals surface area contributed by atoms with Gasteiger partial charge < -0.3 is 24.4 Å². The number of rotatable bonds is 37. The maximum absolute atomic E-state index is 12.4. The fourth-order valence-electron chi connectivity index (χ4n) is 5.61. The Balaban J connectivity index is 4.08. The number of carbonyl (C=O) groups excluding carboxylic acids is 2. The minimum Gasteiger partial charge on any atom is -0.462 e. The molecule has 0 radical (unpaired) electrons. The second-order valence-corrected chi connectivity index (χ2v) is 15.9. The Labute approximate surface area is 334 Å². The van der Waals surface area contributed by atoms with Gasteiger partial charge in [-0.05, 0) is 50.9 Å². The van der Waals surface area contributed by atoms with Crippen molar-refractivity contribution < 1.29 is 43.0 Å². The first-order valence-electron chi connectivity index (χ1n) is 21.2. The number of ether oxygens (including phenoxy) is 2. The van der Waals surface area contributed by atoms with Gasteiger partial charge in [-0.3, -0.25) is 14.1 Å². The Hall–Kier alpha value is -2.55. The first-order valence-corrected chi connectivity index (χ1v) is 22.7. The maximum Gasteiger partial charge on any atom is 0.469 e. The SMILES string of the molecule is CC/C=C\CC(O)/C=C/C=C/C/C=C\C/C=C\C/C=C\CCC(=O)OC[C@H](COP(=O)(O)O)OC(=O)CCCCCCCCCCCCCCCCC(C)C. The third-order valence-electron chi connectivity index (χ3n) is 8.76. The van der Waals surface area contributed by atoms with Gasteiger partial charge in [0.25, 0.3) is 0 Å². The van der Waals surface area contributed by atoms with E-state index in [4.69, 9.17) is 19.3 Å². The molecule has 0 amide bonds. The molecule has 55 heavy (non-hydrogen) atoms. The van der Waals surface area contributed by atoms with Crippen molar-refractivity contribution in [2.75, 3.05) is 13.2 Å². The number of phosphoric acid groups is 1. The molecular weight excluding hydrogens is 715 g/mol. The molecule has 0 saturated heterocycles. The zero-order chi connectivity index (χ0) is 40.7. The molecule has 2 atom stereocenters. The molecule has 0 rings (SSSR count). The Bertz CT molecular complexity index is 1150. The summed E-state index contributed by atoms with van der Waals surface area (Å²) in [6.45, 7) is 5.75. The number of hydrogen-bond acceptors (Lipinski definition) is 7. The van der Waals surface area contributed by atoms with E-state index in [1.807, 2.05) is 48.6 Å². The number of aliphatic hydroxyl groups is 1. The van der Waals surface area contributed by atoms with E-state index in [0.717, 1.165) is 50.9 Å². The molecule has 10 heteroatoms. The van der Waals surface area contributed by atoms with E-state index in [0.29, 0.717) is 19.3 Å². The number of hydrogen-bond donors (Lipinski definition) is 3. The van der Waals surface area contributed by atoms with Crippen molar-refractivity contribution in [1.82, 2.24) is 0 Å². The predicted molar refractivity (Wildman–Crippen MR) is 226 cm³/mol. The normalized spacial score (nSPS) is 13.9. The van der Waals surface area contributed by atoms with Crippen molar-refractivity contribution in [2.45, 2.75) is 181 Å². The van der Waals surface area contributed by atoms with Crippen LogP contribution in [0.2, 0.25) is 0 Å². The van der Waals surface area contributed by atoms with Crippen molar-refractivity contribution in [1.29, 1.82) is 0 Å².